The number of rotatable bonds is 6. The number of fused-ring (bicyclic) bond motifs is 3. The Hall–Kier alpha value is -3.64. The van der Waals surface area contributed by atoms with Crippen molar-refractivity contribution >= 4 is 35.0 Å². The number of Topliss-reactive ketones (excluding diaryl/α,β-unsaturated/α-hetero) is 2. The van der Waals surface area contributed by atoms with Gasteiger partial charge in [0, 0.05) is 28.9 Å². The number of nitrogens with zero attached hydrogens (tertiary/aromatic N) is 1. The fourth-order valence-corrected chi connectivity index (χ4v) is 7.66. The smallest absolute Gasteiger partial charge is 0.255 e. The first-order valence-electron chi connectivity index (χ1n) is 12.7. The van der Waals surface area contributed by atoms with Crippen LogP contribution in [0.5, 0.6) is 5.75 Å². The van der Waals surface area contributed by atoms with Gasteiger partial charge < -0.3 is 31.3 Å². The SMILES string of the molecule is CN(C)[C@@H]1C(=O)C(C(N)=O)=C(O)[C@@]2(O)C(=O)C3=C(O)c4c(O)cccc4C(CSCc4ccccc4)[C@H]3[C@H](O)[C@@H]12. The number of thioether (sulfide) groups is 1. The Kier molecular flexibility index (Phi) is 7.03. The van der Waals surface area contributed by atoms with Gasteiger partial charge in [0.15, 0.2) is 11.4 Å². The zero-order chi connectivity index (χ0) is 29.1. The number of phenols is 1. The minimum atomic E-state index is -2.93. The number of amides is 1. The van der Waals surface area contributed by atoms with Gasteiger partial charge in [-0.3, -0.25) is 19.3 Å². The van der Waals surface area contributed by atoms with Gasteiger partial charge in [0.1, 0.15) is 22.8 Å². The van der Waals surface area contributed by atoms with E-state index in [1.54, 1.807) is 12.1 Å². The van der Waals surface area contributed by atoms with Gasteiger partial charge in [-0.15, -0.1) is 0 Å². The van der Waals surface area contributed by atoms with Crippen LogP contribution in [0.3, 0.4) is 0 Å². The number of aliphatic hydroxyl groups excluding tert-OH is 3. The summed E-state index contributed by atoms with van der Waals surface area (Å²) in [6.45, 7) is 0. The summed E-state index contributed by atoms with van der Waals surface area (Å²) < 4.78 is 0. The summed E-state index contributed by atoms with van der Waals surface area (Å²) in [6.07, 6.45) is -1.63. The standard InChI is InChI=1S/C29H30N2O8S/c1-31(2)22-21-24(34)18-15(12-40-11-13-7-4-3-5-8-13)14-9-6-10-16(32)17(14)23(33)19(18)26(36)29(21,39)27(37)20(25(22)35)28(30)38/h3-10,15,18,21-22,24,32-34,37,39H,11-12H2,1-2H3,(H2,30,38)/t15?,18-,21-,22+,24+,29+/m1/s1. The average Bonchev–Trinajstić information content (AvgIpc) is 2.90. The largest absolute Gasteiger partial charge is 0.508 e. The molecular formula is C29H30N2O8S. The number of likely N-dealkylation sites (N-methyl/N-ethyl adjacent to an activating group) is 1. The molecule has 0 bridgehead atoms. The number of aliphatic hydroxyl groups is 4. The van der Waals surface area contributed by atoms with E-state index < -0.39 is 75.6 Å². The molecule has 0 aliphatic heterocycles. The van der Waals surface area contributed by atoms with Crippen LogP contribution < -0.4 is 5.73 Å². The summed E-state index contributed by atoms with van der Waals surface area (Å²) in [6, 6.07) is 12.9. The van der Waals surface area contributed by atoms with Crippen molar-refractivity contribution in [3.8, 4) is 5.75 Å². The Bertz CT molecular complexity index is 1470. The van der Waals surface area contributed by atoms with Crippen LogP contribution in [0.4, 0.5) is 0 Å². The first kappa shape index (κ1) is 27.9. The Morgan fingerprint density at radius 2 is 1.73 bits per heavy atom. The summed E-state index contributed by atoms with van der Waals surface area (Å²) in [5, 5.41) is 56.8. The summed E-state index contributed by atoms with van der Waals surface area (Å²) in [4.78, 5) is 41.0. The van der Waals surface area contributed by atoms with E-state index in [4.69, 9.17) is 5.73 Å². The number of benzene rings is 2. The van der Waals surface area contributed by atoms with Gasteiger partial charge in [-0.2, -0.15) is 11.8 Å². The van der Waals surface area contributed by atoms with Crippen molar-refractivity contribution in [1.29, 1.82) is 0 Å². The third-order valence-corrected chi connectivity index (χ3v) is 9.34. The van der Waals surface area contributed by atoms with E-state index in [-0.39, 0.29) is 11.3 Å². The number of ketones is 2. The number of phenolic OH excluding ortho intramolecular Hbond substituents is 1. The Balaban J connectivity index is 1.69. The summed E-state index contributed by atoms with van der Waals surface area (Å²) >= 11 is 1.52. The molecule has 0 heterocycles. The Labute approximate surface area is 234 Å². The van der Waals surface area contributed by atoms with Crippen LogP contribution in [0.25, 0.3) is 5.76 Å². The van der Waals surface area contributed by atoms with Crippen molar-refractivity contribution < 1.29 is 39.9 Å². The first-order valence-corrected chi connectivity index (χ1v) is 13.8. The van der Waals surface area contributed by atoms with E-state index in [0.29, 0.717) is 17.1 Å². The monoisotopic (exact) mass is 566 g/mol. The predicted octanol–water partition coefficient (Wildman–Crippen LogP) is 1.41. The zero-order valence-corrected chi connectivity index (χ0v) is 22.6. The molecule has 1 fully saturated rings. The molecule has 2 aromatic rings. The number of aromatic hydroxyl groups is 1. The number of carbonyl (C=O) groups is 3. The summed E-state index contributed by atoms with van der Waals surface area (Å²) in [5.41, 5.74) is 2.61. The van der Waals surface area contributed by atoms with Crippen molar-refractivity contribution in [1.82, 2.24) is 4.90 Å². The molecule has 2 aromatic carbocycles. The normalized spacial score (nSPS) is 29.8. The lowest BCUT2D eigenvalue weighted by Gasteiger charge is -2.54. The van der Waals surface area contributed by atoms with Gasteiger partial charge in [0.05, 0.1) is 23.6 Å². The summed E-state index contributed by atoms with van der Waals surface area (Å²) in [5.74, 6) is -8.04. The highest BCUT2D eigenvalue weighted by Crippen LogP contribution is 2.56. The molecule has 5 rings (SSSR count). The maximum Gasteiger partial charge on any atom is 0.255 e. The fourth-order valence-electron chi connectivity index (χ4n) is 6.47. The number of carbonyl (C=O) groups excluding carboxylic acids is 3. The second kappa shape index (κ2) is 10.1. The number of hydrogen-bond acceptors (Lipinski definition) is 10. The van der Waals surface area contributed by atoms with Gasteiger partial charge in [0.2, 0.25) is 5.78 Å². The van der Waals surface area contributed by atoms with E-state index in [1.165, 1.54) is 36.8 Å². The van der Waals surface area contributed by atoms with Crippen molar-refractivity contribution in [2.24, 2.45) is 17.6 Å². The van der Waals surface area contributed by atoms with Crippen LogP contribution in [0.2, 0.25) is 0 Å². The van der Waals surface area contributed by atoms with Crippen molar-refractivity contribution in [3.05, 3.63) is 82.1 Å². The van der Waals surface area contributed by atoms with Crippen LogP contribution in [0.1, 0.15) is 22.6 Å². The van der Waals surface area contributed by atoms with Crippen molar-refractivity contribution in [2.45, 2.75) is 29.4 Å². The van der Waals surface area contributed by atoms with Gasteiger partial charge in [-0.05, 0) is 31.3 Å². The molecule has 1 saturated carbocycles. The molecule has 3 aliphatic rings. The number of primary amides is 1. The lowest BCUT2D eigenvalue weighted by Crippen LogP contribution is -2.70. The van der Waals surface area contributed by atoms with Gasteiger partial charge in [-0.25, -0.2) is 0 Å². The highest BCUT2D eigenvalue weighted by atomic mass is 32.2. The van der Waals surface area contributed by atoms with E-state index in [0.717, 1.165) is 5.56 Å². The van der Waals surface area contributed by atoms with Gasteiger partial charge >= 0.3 is 0 Å². The average molecular weight is 567 g/mol. The van der Waals surface area contributed by atoms with Gasteiger partial charge in [-0.1, -0.05) is 42.5 Å². The molecule has 1 amide bonds. The maximum atomic E-state index is 14.1. The quantitative estimate of drug-likeness (QED) is 0.280. The second-order valence-corrected chi connectivity index (χ2v) is 11.6. The van der Waals surface area contributed by atoms with Crippen molar-refractivity contribution in [3.63, 3.8) is 0 Å². The van der Waals surface area contributed by atoms with Crippen LogP contribution in [-0.4, -0.2) is 85.5 Å². The fraction of sp³-hybridized carbons (Fsp3) is 0.345. The molecule has 210 valence electrons. The number of hydrogen-bond donors (Lipinski definition) is 6. The predicted molar refractivity (Wildman–Crippen MR) is 147 cm³/mol. The van der Waals surface area contributed by atoms with Crippen molar-refractivity contribution in [2.75, 3.05) is 19.8 Å². The van der Waals surface area contributed by atoms with E-state index in [1.807, 2.05) is 30.3 Å². The lowest BCUT2D eigenvalue weighted by molar-refractivity contribution is -0.169. The van der Waals surface area contributed by atoms with E-state index >= 15 is 0 Å². The van der Waals surface area contributed by atoms with E-state index in [2.05, 4.69) is 0 Å². The molecular weight excluding hydrogens is 536 g/mol. The Morgan fingerprint density at radius 1 is 1.05 bits per heavy atom. The zero-order valence-electron chi connectivity index (χ0n) is 21.8. The first-order chi connectivity index (χ1) is 18.9. The number of nitrogens with two attached hydrogens (primary N) is 1. The molecule has 7 N–H and O–H groups in total. The molecule has 1 unspecified atom stereocenters. The minimum absolute atomic E-state index is 0.0173. The molecule has 3 aliphatic carbocycles. The van der Waals surface area contributed by atoms with Crippen LogP contribution in [-0.2, 0) is 20.1 Å². The van der Waals surface area contributed by atoms with Crippen LogP contribution in [0.15, 0.2) is 65.4 Å². The summed E-state index contributed by atoms with van der Waals surface area (Å²) in [7, 11) is 2.96. The molecule has 0 aromatic heterocycles. The topological polar surface area (TPSA) is 182 Å². The molecule has 0 spiro atoms. The molecule has 0 radical (unpaired) electrons. The Morgan fingerprint density at radius 3 is 2.35 bits per heavy atom. The second-order valence-electron chi connectivity index (χ2n) is 10.6. The lowest BCUT2D eigenvalue weighted by atomic mass is 9.54. The highest BCUT2D eigenvalue weighted by molar-refractivity contribution is 7.98. The molecule has 6 atom stereocenters. The third kappa shape index (κ3) is 3.95. The molecule has 11 heteroatoms. The molecule has 40 heavy (non-hydrogen) atoms. The van der Waals surface area contributed by atoms with Crippen LogP contribution >= 0.6 is 11.8 Å². The maximum absolute atomic E-state index is 14.1. The highest BCUT2D eigenvalue weighted by Gasteiger charge is 2.68. The minimum Gasteiger partial charge on any atom is -0.508 e. The van der Waals surface area contributed by atoms with E-state index in [9.17, 15) is 39.9 Å². The molecule has 0 saturated heterocycles. The third-order valence-electron chi connectivity index (χ3n) is 8.21. The molecule has 10 nitrogen and oxygen atoms in total. The van der Waals surface area contributed by atoms with Gasteiger partial charge in [0.25, 0.3) is 5.91 Å². The van der Waals surface area contributed by atoms with Crippen LogP contribution in [0, 0.1) is 11.8 Å².